The molecule has 0 atom stereocenters. The van der Waals surface area contributed by atoms with Crippen molar-refractivity contribution in [1.82, 2.24) is 10.6 Å². The van der Waals surface area contributed by atoms with Crippen LogP contribution in [0.3, 0.4) is 0 Å². The van der Waals surface area contributed by atoms with Gasteiger partial charge in [0.15, 0.2) is 0 Å². The normalized spacial score (nSPS) is 26.1. The summed E-state index contributed by atoms with van der Waals surface area (Å²) >= 11 is 0. The second kappa shape index (κ2) is 7.35. The van der Waals surface area contributed by atoms with Gasteiger partial charge in [-0.2, -0.15) is 0 Å². The highest BCUT2D eigenvalue weighted by Gasteiger charge is 2.37. The number of urea groups is 1. The van der Waals surface area contributed by atoms with Crippen LogP contribution < -0.4 is 10.6 Å². The highest BCUT2D eigenvalue weighted by Crippen LogP contribution is 2.43. The Hall–Kier alpha value is -1.55. The fourth-order valence-corrected chi connectivity index (χ4v) is 3.85. The van der Waals surface area contributed by atoms with Gasteiger partial charge >= 0.3 is 6.03 Å². The number of rotatable bonds is 5. The van der Waals surface area contributed by atoms with E-state index >= 15 is 0 Å². The van der Waals surface area contributed by atoms with Crippen LogP contribution in [0.4, 0.5) is 4.79 Å². The Morgan fingerprint density at radius 3 is 2.43 bits per heavy atom. The minimum atomic E-state index is -0.180. The zero-order valence-electron chi connectivity index (χ0n) is 13.8. The molecule has 2 aliphatic rings. The lowest BCUT2D eigenvalue weighted by molar-refractivity contribution is 0.115. The van der Waals surface area contributed by atoms with Gasteiger partial charge in [-0.1, -0.05) is 36.8 Å². The number of carbonyl (C=O) groups excluding carboxylic acids is 1. The van der Waals surface area contributed by atoms with Crippen LogP contribution in [-0.2, 0) is 6.42 Å². The minimum absolute atomic E-state index is 0.0503. The van der Waals surface area contributed by atoms with E-state index in [0.29, 0.717) is 0 Å². The second-order valence-electron chi connectivity index (χ2n) is 7.35. The molecule has 0 spiro atoms. The fraction of sp³-hybridized carbons (Fsp3) is 0.632. The average molecular weight is 316 g/mol. The Balaban J connectivity index is 1.45. The highest BCUT2D eigenvalue weighted by molar-refractivity contribution is 5.74. The van der Waals surface area contributed by atoms with Crippen LogP contribution >= 0.6 is 0 Å². The van der Waals surface area contributed by atoms with Gasteiger partial charge in [0.1, 0.15) is 0 Å². The third-order valence-corrected chi connectivity index (χ3v) is 5.49. The molecule has 0 radical (unpaired) electrons. The van der Waals surface area contributed by atoms with Gasteiger partial charge in [-0.05, 0) is 55.9 Å². The number of hydrogen-bond acceptors (Lipinski definition) is 2. The van der Waals surface area contributed by atoms with Gasteiger partial charge in [0.25, 0.3) is 0 Å². The summed E-state index contributed by atoms with van der Waals surface area (Å²) in [5.41, 5.74) is 1.59. The van der Waals surface area contributed by atoms with Crippen LogP contribution in [0.25, 0.3) is 0 Å². The summed E-state index contributed by atoms with van der Waals surface area (Å²) in [5.74, 6) is 0. The Morgan fingerprint density at radius 2 is 1.83 bits per heavy atom. The lowest BCUT2D eigenvalue weighted by Gasteiger charge is -2.42. The summed E-state index contributed by atoms with van der Waals surface area (Å²) in [6, 6.07) is 10.7. The molecule has 0 saturated heterocycles. The number of aliphatic hydroxyl groups is 1. The first-order chi connectivity index (χ1) is 11.2. The summed E-state index contributed by atoms with van der Waals surface area (Å²) in [6.07, 6.45) is 7.86. The summed E-state index contributed by atoms with van der Waals surface area (Å²) in [7, 11) is 0. The van der Waals surface area contributed by atoms with Gasteiger partial charge in [-0.25, -0.2) is 4.79 Å². The van der Waals surface area contributed by atoms with Crippen LogP contribution in [0.1, 0.15) is 50.5 Å². The number of benzene rings is 1. The summed E-state index contributed by atoms with van der Waals surface area (Å²) < 4.78 is 0. The molecular formula is C19H28N2O2. The predicted octanol–water partition coefficient (Wildman–Crippen LogP) is 3.00. The van der Waals surface area contributed by atoms with Crippen LogP contribution in [-0.4, -0.2) is 29.8 Å². The molecular weight excluding hydrogens is 288 g/mol. The molecule has 3 N–H and O–H groups in total. The Labute approximate surface area is 138 Å². The van der Waals surface area contributed by atoms with Crippen molar-refractivity contribution >= 4 is 6.03 Å². The summed E-state index contributed by atoms with van der Waals surface area (Å²) in [4.78, 5) is 12.1. The molecule has 4 nitrogen and oxygen atoms in total. The fourth-order valence-electron chi connectivity index (χ4n) is 3.85. The monoisotopic (exact) mass is 316 g/mol. The van der Waals surface area contributed by atoms with E-state index in [1.807, 2.05) is 6.07 Å². The molecule has 1 aromatic carbocycles. The maximum Gasteiger partial charge on any atom is 0.315 e. The minimum Gasteiger partial charge on any atom is -0.393 e. The van der Waals surface area contributed by atoms with Crippen molar-refractivity contribution in [3.8, 4) is 0 Å². The molecule has 0 aromatic heterocycles. The van der Waals surface area contributed by atoms with Gasteiger partial charge < -0.3 is 15.7 Å². The van der Waals surface area contributed by atoms with E-state index in [1.165, 1.54) is 24.8 Å². The Morgan fingerprint density at radius 1 is 1.13 bits per heavy atom. The largest absolute Gasteiger partial charge is 0.393 e. The molecule has 126 valence electrons. The zero-order chi connectivity index (χ0) is 16.1. The number of carbonyl (C=O) groups is 1. The lowest BCUT2D eigenvalue weighted by atomic mass is 9.65. The molecule has 2 fully saturated rings. The van der Waals surface area contributed by atoms with Crippen molar-refractivity contribution in [2.45, 2.75) is 63.5 Å². The van der Waals surface area contributed by atoms with Crippen molar-refractivity contribution in [2.75, 3.05) is 6.54 Å². The van der Waals surface area contributed by atoms with E-state index in [9.17, 15) is 9.90 Å². The van der Waals surface area contributed by atoms with E-state index in [2.05, 4.69) is 34.9 Å². The summed E-state index contributed by atoms with van der Waals surface area (Å²) in [6.45, 7) is 0.753. The highest BCUT2D eigenvalue weighted by atomic mass is 16.3. The average Bonchev–Trinajstić information content (AvgIpc) is 2.53. The number of aliphatic hydroxyl groups excluding tert-OH is 1. The first-order valence-corrected chi connectivity index (χ1v) is 8.92. The van der Waals surface area contributed by atoms with Crippen molar-refractivity contribution in [3.05, 3.63) is 35.9 Å². The zero-order valence-corrected chi connectivity index (χ0v) is 13.8. The molecule has 3 rings (SSSR count). The predicted molar refractivity (Wildman–Crippen MR) is 91.2 cm³/mol. The molecule has 0 bridgehead atoms. The van der Waals surface area contributed by atoms with E-state index < -0.39 is 0 Å². The van der Waals surface area contributed by atoms with Gasteiger partial charge in [0.05, 0.1) is 6.10 Å². The Kier molecular flexibility index (Phi) is 5.21. The third kappa shape index (κ3) is 4.47. The van der Waals surface area contributed by atoms with Crippen LogP contribution in [0.15, 0.2) is 30.3 Å². The molecule has 0 heterocycles. The van der Waals surface area contributed by atoms with E-state index in [1.54, 1.807) is 0 Å². The standard InChI is InChI=1S/C19H28N2O2/c22-17-9-7-16(8-10-17)21-18(23)20-14-19(11-4-12-19)13-15-5-2-1-3-6-15/h1-3,5-6,16-17,22H,4,7-14H2,(H2,20,21,23). The number of hydrogen-bond donors (Lipinski definition) is 3. The third-order valence-electron chi connectivity index (χ3n) is 5.49. The quantitative estimate of drug-likeness (QED) is 0.782. The van der Waals surface area contributed by atoms with Crippen molar-refractivity contribution in [2.24, 2.45) is 5.41 Å². The Bertz CT molecular complexity index is 505. The SMILES string of the molecule is O=C(NCC1(Cc2ccccc2)CCC1)NC1CCC(O)CC1. The van der Waals surface area contributed by atoms with E-state index in [0.717, 1.165) is 38.6 Å². The lowest BCUT2D eigenvalue weighted by Crippen LogP contribution is -2.49. The molecule has 2 saturated carbocycles. The van der Waals surface area contributed by atoms with Gasteiger partial charge in [-0.3, -0.25) is 0 Å². The second-order valence-corrected chi connectivity index (χ2v) is 7.35. The molecule has 1 aromatic rings. The number of amides is 2. The molecule has 0 aliphatic heterocycles. The molecule has 0 unspecified atom stereocenters. The molecule has 23 heavy (non-hydrogen) atoms. The van der Waals surface area contributed by atoms with Gasteiger partial charge in [0.2, 0.25) is 0 Å². The van der Waals surface area contributed by atoms with Crippen LogP contribution in [0.2, 0.25) is 0 Å². The molecule has 4 heteroatoms. The topological polar surface area (TPSA) is 61.4 Å². The maximum atomic E-state index is 12.1. The maximum absolute atomic E-state index is 12.1. The van der Waals surface area contributed by atoms with Crippen molar-refractivity contribution < 1.29 is 9.90 Å². The van der Waals surface area contributed by atoms with E-state index in [-0.39, 0.29) is 23.6 Å². The van der Waals surface area contributed by atoms with Crippen molar-refractivity contribution in [3.63, 3.8) is 0 Å². The van der Waals surface area contributed by atoms with Crippen molar-refractivity contribution in [1.29, 1.82) is 0 Å². The van der Waals surface area contributed by atoms with E-state index in [4.69, 9.17) is 0 Å². The summed E-state index contributed by atoms with van der Waals surface area (Å²) in [5, 5.41) is 15.7. The first kappa shape index (κ1) is 16.3. The van der Waals surface area contributed by atoms with Crippen LogP contribution in [0, 0.1) is 5.41 Å². The number of nitrogens with one attached hydrogen (secondary N) is 2. The van der Waals surface area contributed by atoms with Gasteiger partial charge in [0, 0.05) is 12.6 Å². The molecule has 2 amide bonds. The smallest absolute Gasteiger partial charge is 0.315 e. The first-order valence-electron chi connectivity index (χ1n) is 8.92. The molecule has 2 aliphatic carbocycles. The van der Waals surface area contributed by atoms with Crippen LogP contribution in [0.5, 0.6) is 0 Å². The van der Waals surface area contributed by atoms with Gasteiger partial charge in [-0.15, -0.1) is 0 Å².